The van der Waals surface area contributed by atoms with Crippen molar-refractivity contribution in [3.8, 4) is 0 Å². The molecule has 0 spiro atoms. The van der Waals surface area contributed by atoms with E-state index in [0.29, 0.717) is 0 Å². The summed E-state index contributed by atoms with van der Waals surface area (Å²) < 4.78 is 8.41. The van der Waals surface area contributed by atoms with Gasteiger partial charge in [0.2, 0.25) is 0 Å². The topological polar surface area (TPSA) is 127 Å². The van der Waals surface area contributed by atoms with Gasteiger partial charge < -0.3 is 19.7 Å². The lowest BCUT2D eigenvalue weighted by molar-refractivity contribution is -0.192. The van der Waals surface area contributed by atoms with Crippen LogP contribution in [0.15, 0.2) is 12.7 Å². The van der Waals surface area contributed by atoms with Crippen LogP contribution in [0.5, 0.6) is 0 Å². The molecular formula is C11H14O8. The van der Waals surface area contributed by atoms with Crippen molar-refractivity contribution in [3.05, 3.63) is 12.7 Å². The fraction of sp³-hybridized carbons (Fsp3) is 0.455. The zero-order chi connectivity index (χ0) is 15.2. The quantitative estimate of drug-likeness (QED) is 0.340. The van der Waals surface area contributed by atoms with Crippen LogP contribution in [0.25, 0.3) is 0 Å². The Bertz CT molecular complexity index is 413. The highest BCUT2D eigenvalue weighted by Gasteiger charge is 2.54. The van der Waals surface area contributed by atoms with E-state index in [1.807, 2.05) is 0 Å². The van der Waals surface area contributed by atoms with E-state index in [4.69, 9.17) is 0 Å². The van der Waals surface area contributed by atoms with Gasteiger partial charge in [0.1, 0.15) is 6.61 Å². The summed E-state index contributed by atoms with van der Waals surface area (Å²) in [5, 5.41) is 19.3. The number of esters is 3. The summed E-state index contributed by atoms with van der Waals surface area (Å²) in [7, 11) is 0. The highest BCUT2D eigenvalue weighted by Crippen LogP contribution is 2.16. The second-order valence-electron chi connectivity index (χ2n) is 3.52. The second kappa shape index (κ2) is 6.76. The summed E-state index contributed by atoms with van der Waals surface area (Å²) in [5.41, 5.74) is -3.14. The molecule has 0 aliphatic carbocycles. The number of carbonyl (C=O) groups is 4. The minimum Gasteiger partial charge on any atom is -0.459 e. The normalized spacial score (nSPS) is 14.7. The van der Waals surface area contributed by atoms with Crippen molar-refractivity contribution in [2.45, 2.75) is 25.6 Å². The van der Waals surface area contributed by atoms with Gasteiger partial charge in [0, 0.05) is 6.92 Å². The van der Waals surface area contributed by atoms with Crippen molar-refractivity contribution in [1.29, 1.82) is 0 Å². The third-order valence-electron chi connectivity index (χ3n) is 2.04. The number of Topliss-reactive ketones (excluding diaryl/α,β-unsaturated/α-hetero) is 1. The van der Waals surface area contributed by atoms with E-state index in [9.17, 15) is 29.4 Å². The monoisotopic (exact) mass is 274 g/mol. The van der Waals surface area contributed by atoms with Crippen LogP contribution in [0.4, 0.5) is 0 Å². The van der Waals surface area contributed by atoms with Gasteiger partial charge in [-0.2, -0.15) is 0 Å². The van der Waals surface area contributed by atoms with Crippen LogP contribution < -0.4 is 0 Å². The molecule has 106 valence electrons. The van der Waals surface area contributed by atoms with Gasteiger partial charge in [0.15, 0.2) is 11.9 Å². The average molecular weight is 274 g/mol. The Morgan fingerprint density at radius 1 is 1.32 bits per heavy atom. The predicted octanol–water partition coefficient (Wildman–Crippen LogP) is -1.51. The predicted molar refractivity (Wildman–Crippen MR) is 59.6 cm³/mol. The molecule has 0 saturated carbocycles. The molecule has 8 heteroatoms. The third kappa shape index (κ3) is 3.97. The lowest BCUT2D eigenvalue weighted by atomic mass is 9.92. The molecule has 0 saturated heterocycles. The highest BCUT2D eigenvalue weighted by molar-refractivity contribution is 6.10. The Balaban J connectivity index is 5.22. The number of hydrogen-bond donors (Lipinski definition) is 2. The maximum Gasteiger partial charge on any atom is 0.349 e. The maximum absolute atomic E-state index is 11.5. The lowest BCUT2D eigenvalue weighted by Gasteiger charge is -2.26. The van der Waals surface area contributed by atoms with Crippen LogP contribution in [0, 0.1) is 0 Å². The fourth-order valence-electron chi connectivity index (χ4n) is 1.06. The number of ketones is 1. The summed E-state index contributed by atoms with van der Waals surface area (Å²) in [5.74, 6) is -5.50. The molecule has 2 N–H and O–H groups in total. The van der Waals surface area contributed by atoms with Gasteiger partial charge >= 0.3 is 17.9 Å². The molecule has 8 nitrogen and oxygen atoms in total. The van der Waals surface area contributed by atoms with Crippen molar-refractivity contribution in [2.24, 2.45) is 0 Å². The van der Waals surface area contributed by atoms with Gasteiger partial charge in [-0.3, -0.25) is 9.59 Å². The highest BCUT2D eigenvalue weighted by atomic mass is 16.6. The molecule has 0 aromatic heterocycles. The number of aliphatic hydroxyl groups is 2. The van der Waals surface area contributed by atoms with E-state index in [-0.39, 0.29) is 6.61 Å². The third-order valence-corrected chi connectivity index (χ3v) is 2.04. The van der Waals surface area contributed by atoms with Crippen LogP contribution in [-0.4, -0.2) is 52.2 Å². The molecule has 0 fully saturated rings. The average Bonchev–Trinajstić information content (AvgIpc) is 2.32. The second-order valence-corrected chi connectivity index (χ2v) is 3.52. The van der Waals surface area contributed by atoms with Gasteiger partial charge in [-0.1, -0.05) is 12.7 Å². The Kier molecular flexibility index (Phi) is 6.03. The van der Waals surface area contributed by atoms with E-state index in [1.54, 1.807) is 0 Å². The van der Waals surface area contributed by atoms with E-state index in [1.165, 1.54) is 0 Å². The Labute approximate surface area is 108 Å². The molecular weight excluding hydrogens is 260 g/mol. The Hall–Kier alpha value is -2.06. The first-order chi connectivity index (χ1) is 8.67. The molecule has 2 atom stereocenters. The Morgan fingerprint density at radius 2 is 1.84 bits per heavy atom. The largest absolute Gasteiger partial charge is 0.459 e. The number of aliphatic hydroxyl groups excluding tert-OH is 1. The molecule has 0 aromatic rings. The van der Waals surface area contributed by atoms with Crippen molar-refractivity contribution < 1.29 is 38.9 Å². The van der Waals surface area contributed by atoms with E-state index in [2.05, 4.69) is 16.1 Å². The summed E-state index contributed by atoms with van der Waals surface area (Å²) in [6.07, 6.45) is -1.43. The Morgan fingerprint density at radius 3 is 2.21 bits per heavy atom. The first-order valence-electron chi connectivity index (χ1n) is 5.09. The maximum atomic E-state index is 11.5. The molecule has 0 heterocycles. The fourth-order valence-corrected chi connectivity index (χ4v) is 1.06. The van der Waals surface area contributed by atoms with Gasteiger partial charge in [-0.15, -0.1) is 0 Å². The summed E-state index contributed by atoms with van der Waals surface area (Å²) >= 11 is 0. The van der Waals surface area contributed by atoms with Crippen LogP contribution in [0.3, 0.4) is 0 Å². The van der Waals surface area contributed by atoms with Crippen molar-refractivity contribution >= 4 is 23.7 Å². The molecule has 0 rings (SSSR count). The van der Waals surface area contributed by atoms with Crippen LogP contribution in [0.1, 0.15) is 13.8 Å². The zero-order valence-corrected chi connectivity index (χ0v) is 10.4. The molecule has 0 aliphatic rings. The van der Waals surface area contributed by atoms with Gasteiger partial charge in [0.25, 0.3) is 5.60 Å². The molecule has 0 aromatic carbocycles. The van der Waals surface area contributed by atoms with Crippen LogP contribution in [-0.2, 0) is 28.7 Å². The summed E-state index contributed by atoms with van der Waals surface area (Å²) in [6.45, 7) is 4.52. The van der Waals surface area contributed by atoms with Crippen molar-refractivity contribution in [1.82, 2.24) is 0 Å². The van der Waals surface area contributed by atoms with E-state index in [0.717, 1.165) is 19.9 Å². The van der Waals surface area contributed by atoms with Crippen molar-refractivity contribution in [3.63, 3.8) is 0 Å². The van der Waals surface area contributed by atoms with E-state index < -0.39 is 35.4 Å². The van der Waals surface area contributed by atoms with Gasteiger partial charge in [-0.05, 0) is 6.92 Å². The summed E-state index contributed by atoms with van der Waals surface area (Å²) in [6, 6.07) is 0. The minimum absolute atomic E-state index is 0.344. The van der Waals surface area contributed by atoms with E-state index >= 15 is 0 Å². The molecule has 0 bridgehead atoms. The van der Waals surface area contributed by atoms with Crippen LogP contribution >= 0.6 is 0 Å². The molecule has 19 heavy (non-hydrogen) atoms. The number of carbonyl (C=O) groups excluding carboxylic acids is 4. The number of ether oxygens (including phenoxy) is 2. The van der Waals surface area contributed by atoms with Crippen molar-refractivity contribution in [2.75, 3.05) is 6.61 Å². The first-order valence-corrected chi connectivity index (χ1v) is 5.09. The lowest BCUT2D eigenvalue weighted by Crippen LogP contribution is -2.59. The minimum atomic E-state index is -3.14. The summed E-state index contributed by atoms with van der Waals surface area (Å²) in [4.78, 5) is 44.6. The molecule has 0 amide bonds. The number of hydrogen-bond acceptors (Lipinski definition) is 8. The van der Waals surface area contributed by atoms with Crippen LogP contribution in [0.2, 0.25) is 0 Å². The number of rotatable bonds is 6. The van der Waals surface area contributed by atoms with Gasteiger partial charge in [-0.25, -0.2) is 9.59 Å². The molecule has 2 unspecified atom stereocenters. The molecule has 0 radical (unpaired) electrons. The standard InChI is InChI=1S/C11H14O8/c1-4-5-18-10(16)11(17,6(2)12)8(14)9(15)19-7(3)13/h4,8,14,17H,1,5H2,2-3H3. The zero-order valence-electron chi connectivity index (χ0n) is 10.4. The smallest absolute Gasteiger partial charge is 0.349 e. The van der Waals surface area contributed by atoms with Gasteiger partial charge in [0.05, 0.1) is 0 Å². The molecule has 0 aliphatic heterocycles. The SMILES string of the molecule is C=CCOC(=O)C(O)(C(C)=O)C(O)C(=O)OC(C)=O. The first kappa shape index (κ1) is 16.9.